The summed E-state index contributed by atoms with van der Waals surface area (Å²) < 4.78 is 5.45. The summed E-state index contributed by atoms with van der Waals surface area (Å²) in [6, 6.07) is 6.88. The lowest BCUT2D eigenvalue weighted by atomic mass is 10.1. The monoisotopic (exact) mass is 246 g/mol. The van der Waals surface area contributed by atoms with Crippen LogP contribution in [0.4, 0.5) is 0 Å². The average Bonchev–Trinajstić information content (AvgIpc) is 2.74. The van der Waals surface area contributed by atoms with Crippen LogP contribution in [0.15, 0.2) is 30.3 Å². The van der Waals surface area contributed by atoms with Crippen LogP contribution in [0.1, 0.15) is 38.2 Å². The van der Waals surface area contributed by atoms with E-state index in [2.05, 4.69) is 0 Å². The molecule has 0 aromatic heterocycles. The molecule has 0 saturated heterocycles. The molecule has 0 amide bonds. The van der Waals surface area contributed by atoms with Gasteiger partial charge >= 0.3 is 5.97 Å². The minimum atomic E-state index is -0.345. The summed E-state index contributed by atoms with van der Waals surface area (Å²) >= 11 is 0. The minimum absolute atomic E-state index is 0.161. The Morgan fingerprint density at radius 2 is 2.00 bits per heavy atom. The highest BCUT2D eigenvalue weighted by Gasteiger charge is 2.31. The van der Waals surface area contributed by atoms with E-state index in [-0.39, 0.29) is 17.3 Å². The van der Waals surface area contributed by atoms with Gasteiger partial charge in [-0.25, -0.2) is 4.79 Å². The SMILES string of the molecule is CC1(OC(=O)C=Cc2ccccc2O)CCCC1. The average molecular weight is 246 g/mol. The summed E-state index contributed by atoms with van der Waals surface area (Å²) in [5.74, 6) is -0.184. The highest BCUT2D eigenvalue weighted by molar-refractivity contribution is 5.87. The van der Waals surface area contributed by atoms with Crippen molar-refractivity contribution < 1.29 is 14.6 Å². The van der Waals surface area contributed by atoms with E-state index in [4.69, 9.17) is 4.74 Å². The number of benzene rings is 1. The number of rotatable bonds is 3. The van der Waals surface area contributed by atoms with Crippen molar-refractivity contribution in [1.29, 1.82) is 0 Å². The zero-order valence-corrected chi connectivity index (χ0v) is 10.6. The quantitative estimate of drug-likeness (QED) is 0.657. The van der Waals surface area contributed by atoms with E-state index in [0.29, 0.717) is 5.56 Å². The molecule has 96 valence electrons. The Bertz CT molecular complexity index is 457. The van der Waals surface area contributed by atoms with E-state index < -0.39 is 0 Å². The van der Waals surface area contributed by atoms with E-state index in [1.165, 1.54) is 6.08 Å². The van der Waals surface area contributed by atoms with Crippen LogP contribution in [0.25, 0.3) is 6.08 Å². The van der Waals surface area contributed by atoms with Gasteiger partial charge in [-0.3, -0.25) is 0 Å². The molecule has 1 N–H and O–H groups in total. The van der Waals surface area contributed by atoms with Crippen molar-refractivity contribution in [3.63, 3.8) is 0 Å². The van der Waals surface area contributed by atoms with Gasteiger partial charge in [0.05, 0.1) is 0 Å². The topological polar surface area (TPSA) is 46.5 Å². The molecule has 1 aliphatic carbocycles. The van der Waals surface area contributed by atoms with Crippen LogP contribution in [0.3, 0.4) is 0 Å². The van der Waals surface area contributed by atoms with Crippen molar-refractivity contribution in [2.24, 2.45) is 0 Å². The van der Waals surface area contributed by atoms with Gasteiger partial charge in [0, 0.05) is 11.6 Å². The van der Waals surface area contributed by atoms with Crippen LogP contribution >= 0.6 is 0 Å². The predicted molar refractivity (Wildman–Crippen MR) is 70.1 cm³/mol. The minimum Gasteiger partial charge on any atom is -0.507 e. The summed E-state index contributed by atoms with van der Waals surface area (Å²) in [5.41, 5.74) is 0.311. The van der Waals surface area contributed by atoms with Crippen LogP contribution in [-0.4, -0.2) is 16.7 Å². The van der Waals surface area contributed by atoms with Crippen molar-refractivity contribution in [1.82, 2.24) is 0 Å². The third-order valence-electron chi connectivity index (χ3n) is 3.34. The maximum absolute atomic E-state index is 11.7. The van der Waals surface area contributed by atoms with Crippen molar-refractivity contribution >= 4 is 12.0 Å². The summed E-state index contributed by atoms with van der Waals surface area (Å²) in [5, 5.41) is 9.55. The lowest BCUT2D eigenvalue weighted by Gasteiger charge is -2.22. The van der Waals surface area contributed by atoms with Crippen molar-refractivity contribution in [2.75, 3.05) is 0 Å². The Labute approximate surface area is 107 Å². The molecule has 18 heavy (non-hydrogen) atoms. The van der Waals surface area contributed by atoms with Gasteiger partial charge in [0.1, 0.15) is 11.4 Å². The molecule has 1 aromatic carbocycles. The summed E-state index contributed by atoms with van der Waals surface area (Å²) in [6.45, 7) is 1.98. The maximum Gasteiger partial charge on any atom is 0.331 e. The first-order valence-electron chi connectivity index (χ1n) is 6.28. The number of aromatic hydroxyl groups is 1. The fourth-order valence-corrected chi connectivity index (χ4v) is 2.29. The number of phenolic OH excluding ortho intramolecular Hbond substituents is 1. The first-order chi connectivity index (χ1) is 8.59. The van der Waals surface area contributed by atoms with E-state index in [1.807, 2.05) is 13.0 Å². The molecule has 1 saturated carbocycles. The van der Waals surface area contributed by atoms with Gasteiger partial charge in [-0.1, -0.05) is 18.2 Å². The lowest BCUT2D eigenvalue weighted by Crippen LogP contribution is -2.27. The number of hydrogen-bond donors (Lipinski definition) is 1. The summed E-state index contributed by atoms with van der Waals surface area (Å²) in [7, 11) is 0. The molecule has 0 unspecified atom stereocenters. The predicted octanol–water partition coefficient (Wildman–Crippen LogP) is 3.28. The Balaban J connectivity index is 1.97. The van der Waals surface area contributed by atoms with E-state index in [9.17, 15) is 9.90 Å². The number of esters is 1. The van der Waals surface area contributed by atoms with Gasteiger partial charge in [0.2, 0.25) is 0 Å². The van der Waals surface area contributed by atoms with Crippen LogP contribution in [-0.2, 0) is 9.53 Å². The van der Waals surface area contributed by atoms with Gasteiger partial charge in [-0.2, -0.15) is 0 Å². The molecule has 1 aromatic rings. The Morgan fingerprint density at radius 1 is 1.33 bits per heavy atom. The van der Waals surface area contributed by atoms with Gasteiger partial charge < -0.3 is 9.84 Å². The number of hydrogen-bond acceptors (Lipinski definition) is 3. The number of carbonyl (C=O) groups is 1. The van der Waals surface area contributed by atoms with E-state index in [1.54, 1.807) is 24.3 Å². The molecule has 0 aliphatic heterocycles. The molecule has 1 fully saturated rings. The molecule has 0 atom stereocenters. The fourth-order valence-electron chi connectivity index (χ4n) is 2.29. The smallest absolute Gasteiger partial charge is 0.331 e. The number of ether oxygens (including phenoxy) is 1. The molecular formula is C15H18O3. The third-order valence-corrected chi connectivity index (χ3v) is 3.34. The summed E-state index contributed by atoms with van der Waals surface area (Å²) in [6.07, 6.45) is 7.06. The number of carbonyl (C=O) groups excluding carboxylic acids is 1. The van der Waals surface area contributed by atoms with Crippen molar-refractivity contribution in [3.05, 3.63) is 35.9 Å². The molecule has 3 nitrogen and oxygen atoms in total. The second kappa shape index (κ2) is 5.25. The normalized spacial score (nSPS) is 18.1. The second-order valence-corrected chi connectivity index (χ2v) is 4.97. The first-order valence-corrected chi connectivity index (χ1v) is 6.28. The van der Waals surface area contributed by atoms with E-state index in [0.717, 1.165) is 25.7 Å². The highest BCUT2D eigenvalue weighted by Crippen LogP contribution is 2.32. The van der Waals surface area contributed by atoms with Crippen LogP contribution in [0, 0.1) is 0 Å². The van der Waals surface area contributed by atoms with Crippen LogP contribution in [0.2, 0.25) is 0 Å². The molecule has 0 heterocycles. The summed E-state index contributed by atoms with van der Waals surface area (Å²) in [4.78, 5) is 11.7. The molecule has 3 heteroatoms. The lowest BCUT2D eigenvalue weighted by molar-refractivity contribution is -0.151. The van der Waals surface area contributed by atoms with Crippen LogP contribution in [0.5, 0.6) is 5.75 Å². The molecule has 0 spiro atoms. The molecule has 2 rings (SSSR count). The second-order valence-electron chi connectivity index (χ2n) is 4.97. The molecule has 1 aliphatic rings. The van der Waals surface area contributed by atoms with Gasteiger partial charge in [0.25, 0.3) is 0 Å². The van der Waals surface area contributed by atoms with Gasteiger partial charge in [-0.05, 0) is 44.7 Å². The first kappa shape index (κ1) is 12.7. The van der Waals surface area contributed by atoms with Crippen LogP contribution < -0.4 is 0 Å². The van der Waals surface area contributed by atoms with Crippen molar-refractivity contribution in [2.45, 2.75) is 38.2 Å². The third kappa shape index (κ3) is 3.13. The standard InChI is InChI=1S/C15H18O3/c1-15(10-4-5-11-15)18-14(17)9-8-12-6-2-3-7-13(12)16/h2-3,6-9,16H,4-5,10-11H2,1H3. The van der Waals surface area contributed by atoms with Gasteiger partial charge in [-0.15, -0.1) is 0 Å². The van der Waals surface area contributed by atoms with E-state index >= 15 is 0 Å². The number of para-hydroxylation sites is 1. The zero-order valence-electron chi connectivity index (χ0n) is 10.6. The largest absolute Gasteiger partial charge is 0.507 e. The fraction of sp³-hybridized carbons (Fsp3) is 0.400. The maximum atomic E-state index is 11.7. The highest BCUT2D eigenvalue weighted by atomic mass is 16.6. The van der Waals surface area contributed by atoms with Gasteiger partial charge in [0.15, 0.2) is 0 Å². The Kier molecular flexibility index (Phi) is 3.70. The molecular weight excluding hydrogens is 228 g/mol. The Morgan fingerprint density at radius 3 is 2.67 bits per heavy atom. The number of phenols is 1. The Hall–Kier alpha value is -1.77. The molecule has 0 radical (unpaired) electrons. The molecule has 0 bridgehead atoms. The zero-order chi connectivity index (χ0) is 13.0. The van der Waals surface area contributed by atoms with Crippen molar-refractivity contribution in [3.8, 4) is 5.75 Å².